The lowest BCUT2D eigenvalue weighted by molar-refractivity contribution is 0.00835. The zero-order valence-electron chi connectivity index (χ0n) is 8.61. The van der Waals surface area contributed by atoms with Crippen LogP contribution in [-0.2, 0) is 0 Å². The molecule has 0 aromatic rings. The van der Waals surface area contributed by atoms with Gasteiger partial charge in [0.05, 0.1) is 6.61 Å². The Balaban J connectivity index is 2.02. The minimum absolute atomic E-state index is 0.311. The van der Waals surface area contributed by atoms with Crippen LogP contribution < -0.4 is 0 Å². The average molecular weight is 184 g/mol. The van der Waals surface area contributed by atoms with Gasteiger partial charge in [0.2, 0.25) is 0 Å². The maximum Gasteiger partial charge on any atom is 0.0599 e. The molecular formula is C10H20N2O. The molecule has 2 fully saturated rings. The molecular weight excluding hydrogens is 164 g/mol. The predicted molar refractivity (Wildman–Crippen MR) is 52.7 cm³/mol. The molecule has 2 atom stereocenters. The first-order valence-electron chi connectivity index (χ1n) is 5.29. The van der Waals surface area contributed by atoms with Gasteiger partial charge in [-0.05, 0) is 26.8 Å². The van der Waals surface area contributed by atoms with Gasteiger partial charge in [-0.15, -0.1) is 0 Å². The smallest absolute Gasteiger partial charge is 0.0599 e. The summed E-state index contributed by atoms with van der Waals surface area (Å²) in [5, 5.41) is 9.31. The van der Waals surface area contributed by atoms with Crippen LogP contribution in [0.15, 0.2) is 0 Å². The van der Waals surface area contributed by atoms with Crippen molar-refractivity contribution < 1.29 is 5.11 Å². The van der Waals surface area contributed by atoms with Crippen LogP contribution in [0.2, 0.25) is 0 Å². The second-order valence-corrected chi connectivity index (χ2v) is 4.59. The molecule has 76 valence electrons. The fraction of sp³-hybridized carbons (Fsp3) is 1.00. The van der Waals surface area contributed by atoms with E-state index in [0.717, 1.165) is 19.1 Å². The van der Waals surface area contributed by atoms with E-state index >= 15 is 0 Å². The highest BCUT2D eigenvalue weighted by molar-refractivity contribution is 4.95. The van der Waals surface area contributed by atoms with Crippen LogP contribution in [0.25, 0.3) is 0 Å². The number of aliphatic hydroxyl groups excluding tert-OH is 1. The highest BCUT2D eigenvalue weighted by Crippen LogP contribution is 2.32. The summed E-state index contributed by atoms with van der Waals surface area (Å²) in [5.41, 5.74) is 0. The van der Waals surface area contributed by atoms with E-state index in [0.29, 0.717) is 18.7 Å². The van der Waals surface area contributed by atoms with E-state index in [2.05, 4.69) is 23.8 Å². The number of rotatable bonds is 2. The van der Waals surface area contributed by atoms with Crippen molar-refractivity contribution in [1.29, 1.82) is 0 Å². The number of hydrogen-bond donors (Lipinski definition) is 1. The van der Waals surface area contributed by atoms with E-state index in [4.69, 9.17) is 0 Å². The Morgan fingerprint density at radius 2 is 2.00 bits per heavy atom. The van der Waals surface area contributed by atoms with Crippen molar-refractivity contribution in [2.24, 2.45) is 0 Å². The lowest BCUT2D eigenvalue weighted by Crippen LogP contribution is -2.58. The molecule has 0 radical (unpaired) electrons. The molecule has 1 saturated heterocycles. The fourth-order valence-corrected chi connectivity index (χ4v) is 2.62. The van der Waals surface area contributed by atoms with Gasteiger partial charge in [-0.25, -0.2) is 0 Å². The Bertz CT molecular complexity index is 182. The second-order valence-electron chi connectivity index (χ2n) is 4.59. The Morgan fingerprint density at radius 3 is 2.54 bits per heavy atom. The van der Waals surface area contributed by atoms with Gasteiger partial charge in [-0.1, -0.05) is 0 Å². The summed E-state index contributed by atoms with van der Waals surface area (Å²) in [6.07, 6.45) is 2.68. The van der Waals surface area contributed by atoms with Gasteiger partial charge in [0.15, 0.2) is 0 Å². The molecule has 1 saturated carbocycles. The van der Waals surface area contributed by atoms with E-state index in [1.165, 1.54) is 12.8 Å². The summed E-state index contributed by atoms with van der Waals surface area (Å²) >= 11 is 0. The second kappa shape index (κ2) is 3.56. The molecule has 2 aliphatic rings. The van der Waals surface area contributed by atoms with E-state index in [-0.39, 0.29) is 0 Å². The van der Waals surface area contributed by atoms with Crippen molar-refractivity contribution >= 4 is 0 Å². The summed E-state index contributed by atoms with van der Waals surface area (Å²) in [6, 6.07) is 1.77. The molecule has 13 heavy (non-hydrogen) atoms. The van der Waals surface area contributed by atoms with Crippen LogP contribution >= 0.6 is 0 Å². The lowest BCUT2D eigenvalue weighted by Gasteiger charge is -2.44. The van der Waals surface area contributed by atoms with Crippen LogP contribution in [0, 0.1) is 0 Å². The Labute approximate surface area is 80.3 Å². The zero-order chi connectivity index (χ0) is 9.42. The highest BCUT2D eigenvalue weighted by atomic mass is 16.3. The minimum Gasteiger partial charge on any atom is -0.395 e. The van der Waals surface area contributed by atoms with Crippen LogP contribution in [0.1, 0.15) is 19.8 Å². The molecule has 1 N–H and O–H groups in total. The number of piperazine rings is 1. The molecule has 0 amide bonds. The molecule has 0 aromatic heterocycles. The Morgan fingerprint density at radius 1 is 1.31 bits per heavy atom. The maximum atomic E-state index is 9.31. The fourth-order valence-electron chi connectivity index (χ4n) is 2.62. The average Bonchev–Trinajstić information content (AvgIpc) is 2.86. The van der Waals surface area contributed by atoms with Crippen LogP contribution in [0.5, 0.6) is 0 Å². The first-order valence-corrected chi connectivity index (χ1v) is 5.29. The third kappa shape index (κ3) is 1.87. The molecule has 1 aliphatic carbocycles. The van der Waals surface area contributed by atoms with Gasteiger partial charge < -0.3 is 10.0 Å². The van der Waals surface area contributed by atoms with Gasteiger partial charge in [0, 0.05) is 31.2 Å². The van der Waals surface area contributed by atoms with Gasteiger partial charge in [-0.2, -0.15) is 0 Å². The van der Waals surface area contributed by atoms with Crippen LogP contribution in [0.4, 0.5) is 0 Å². The quantitative estimate of drug-likeness (QED) is 0.661. The predicted octanol–water partition coefficient (Wildman–Crippen LogP) is 0.146. The number of nitrogens with zero attached hydrogens (tertiary/aromatic N) is 2. The van der Waals surface area contributed by atoms with E-state index in [9.17, 15) is 5.11 Å². The standard InChI is InChI=1S/C10H20N2O/c1-8-5-11(2)6-10(7-13)12(8)9-3-4-9/h8-10,13H,3-7H2,1-2H3. The van der Waals surface area contributed by atoms with Gasteiger partial charge >= 0.3 is 0 Å². The first-order chi connectivity index (χ1) is 6.22. The van der Waals surface area contributed by atoms with E-state index in [1.54, 1.807) is 0 Å². The van der Waals surface area contributed by atoms with Crippen molar-refractivity contribution in [3.05, 3.63) is 0 Å². The van der Waals surface area contributed by atoms with Crippen molar-refractivity contribution in [2.45, 2.75) is 37.9 Å². The largest absolute Gasteiger partial charge is 0.395 e. The zero-order valence-corrected chi connectivity index (χ0v) is 8.61. The SMILES string of the molecule is CC1CN(C)CC(CO)N1C1CC1. The molecule has 0 bridgehead atoms. The summed E-state index contributed by atoms with van der Waals surface area (Å²) in [4.78, 5) is 4.85. The van der Waals surface area contributed by atoms with Gasteiger partial charge in [0.1, 0.15) is 0 Å². The molecule has 3 nitrogen and oxygen atoms in total. The summed E-state index contributed by atoms with van der Waals surface area (Å²) in [7, 11) is 2.14. The normalized spacial score (nSPS) is 38.1. The lowest BCUT2D eigenvalue weighted by atomic mass is 10.1. The summed E-state index contributed by atoms with van der Waals surface area (Å²) < 4.78 is 0. The Hall–Kier alpha value is -0.120. The van der Waals surface area contributed by atoms with Crippen LogP contribution in [-0.4, -0.2) is 59.8 Å². The van der Waals surface area contributed by atoms with Crippen molar-refractivity contribution in [3.8, 4) is 0 Å². The third-order valence-electron chi connectivity index (χ3n) is 3.21. The number of hydrogen-bond acceptors (Lipinski definition) is 3. The van der Waals surface area contributed by atoms with Gasteiger partial charge in [-0.3, -0.25) is 4.90 Å². The van der Waals surface area contributed by atoms with Crippen molar-refractivity contribution in [2.75, 3.05) is 26.7 Å². The summed E-state index contributed by atoms with van der Waals surface area (Å²) in [5.74, 6) is 0. The number of likely N-dealkylation sites (N-methyl/N-ethyl adjacent to an activating group) is 1. The summed E-state index contributed by atoms with van der Waals surface area (Å²) in [6.45, 7) is 4.76. The van der Waals surface area contributed by atoms with Gasteiger partial charge in [0.25, 0.3) is 0 Å². The molecule has 2 rings (SSSR count). The molecule has 1 heterocycles. The topological polar surface area (TPSA) is 26.7 Å². The molecule has 0 aromatic carbocycles. The first kappa shape index (κ1) is 9.44. The van der Waals surface area contributed by atoms with Crippen molar-refractivity contribution in [1.82, 2.24) is 9.80 Å². The molecule has 0 spiro atoms. The molecule has 1 aliphatic heterocycles. The minimum atomic E-state index is 0.311. The van der Waals surface area contributed by atoms with Crippen molar-refractivity contribution in [3.63, 3.8) is 0 Å². The third-order valence-corrected chi connectivity index (χ3v) is 3.21. The highest BCUT2D eigenvalue weighted by Gasteiger charge is 2.39. The van der Waals surface area contributed by atoms with E-state index in [1.807, 2.05) is 0 Å². The number of aliphatic hydroxyl groups is 1. The monoisotopic (exact) mass is 184 g/mol. The molecule has 3 heteroatoms. The Kier molecular flexibility index (Phi) is 2.58. The molecule has 2 unspecified atom stereocenters. The van der Waals surface area contributed by atoms with Crippen LogP contribution in [0.3, 0.4) is 0 Å². The maximum absolute atomic E-state index is 9.31. The van der Waals surface area contributed by atoms with E-state index < -0.39 is 0 Å².